The molecule has 2 rings (SSSR count). The standard InChI is InChI=1S/C15H27N3/c1-12(13(2)16-3)11-14-9-10-18(17-14)15-7-5-4-6-8-15/h9-10,12-13,15-16H,4-8,11H2,1-3H3. The maximum absolute atomic E-state index is 4.78. The lowest BCUT2D eigenvalue weighted by Gasteiger charge is -2.22. The van der Waals surface area contributed by atoms with E-state index in [-0.39, 0.29) is 0 Å². The van der Waals surface area contributed by atoms with Crippen LogP contribution in [-0.2, 0) is 6.42 Å². The Morgan fingerprint density at radius 3 is 2.72 bits per heavy atom. The highest BCUT2D eigenvalue weighted by Crippen LogP contribution is 2.27. The fraction of sp³-hybridized carbons (Fsp3) is 0.800. The summed E-state index contributed by atoms with van der Waals surface area (Å²) in [5, 5.41) is 8.10. The van der Waals surface area contributed by atoms with Crippen molar-refractivity contribution in [3.05, 3.63) is 18.0 Å². The Labute approximate surface area is 111 Å². The molecule has 2 unspecified atom stereocenters. The molecule has 0 amide bonds. The average molecular weight is 249 g/mol. The quantitative estimate of drug-likeness (QED) is 0.868. The maximum Gasteiger partial charge on any atom is 0.0627 e. The molecular formula is C15H27N3. The largest absolute Gasteiger partial charge is 0.317 e. The maximum atomic E-state index is 4.78. The minimum absolute atomic E-state index is 0.546. The predicted octanol–water partition coefficient (Wildman–Crippen LogP) is 3.17. The lowest BCUT2D eigenvalue weighted by atomic mass is 9.96. The second kappa shape index (κ2) is 6.37. The van der Waals surface area contributed by atoms with Crippen LogP contribution in [-0.4, -0.2) is 22.9 Å². The van der Waals surface area contributed by atoms with Crippen LogP contribution in [0.5, 0.6) is 0 Å². The Morgan fingerprint density at radius 1 is 1.33 bits per heavy atom. The number of nitrogens with one attached hydrogen (secondary N) is 1. The van der Waals surface area contributed by atoms with Crippen LogP contribution < -0.4 is 5.32 Å². The Balaban J connectivity index is 1.93. The van der Waals surface area contributed by atoms with Crippen molar-refractivity contribution in [1.29, 1.82) is 0 Å². The summed E-state index contributed by atoms with van der Waals surface area (Å²) in [7, 11) is 2.03. The molecule has 0 bridgehead atoms. The molecular weight excluding hydrogens is 222 g/mol. The van der Waals surface area contributed by atoms with E-state index in [0.717, 1.165) is 6.42 Å². The Hall–Kier alpha value is -0.830. The van der Waals surface area contributed by atoms with Gasteiger partial charge in [-0.25, -0.2) is 0 Å². The monoisotopic (exact) mass is 249 g/mol. The molecule has 0 aliphatic heterocycles. The zero-order valence-corrected chi connectivity index (χ0v) is 12.0. The first-order valence-corrected chi connectivity index (χ1v) is 7.42. The van der Waals surface area contributed by atoms with E-state index in [1.165, 1.54) is 37.8 Å². The number of aromatic nitrogens is 2. The van der Waals surface area contributed by atoms with Crippen LogP contribution in [0, 0.1) is 5.92 Å². The molecule has 1 aliphatic rings. The summed E-state index contributed by atoms with van der Waals surface area (Å²) < 4.78 is 2.21. The molecule has 1 aliphatic carbocycles. The first kappa shape index (κ1) is 13.6. The summed E-state index contributed by atoms with van der Waals surface area (Å²) in [6.45, 7) is 4.53. The Bertz CT molecular complexity index is 352. The van der Waals surface area contributed by atoms with E-state index in [4.69, 9.17) is 5.10 Å². The zero-order valence-electron chi connectivity index (χ0n) is 12.0. The van der Waals surface area contributed by atoms with E-state index in [0.29, 0.717) is 18.0 Å². The molecule has 1 heterocycles. The van der Waals surface area contributed by atoms with Gasteiger partial charge in [-0.2, -0.15) is 5.10 Å². The van der Waals surface area contributed by atoms with Gasteiger partial charge in [-0.3, -0.25) is 4.68 Å². The number of nitrogens with zero attached hydrogens (tertiary/aromatic N) is 2. The summed E-state index contributed by atoms with van der Waals surface area (Å²) in [6.07, 6.45) is 10.0. The average Bonchev–Trinajstić information content (AvgIpc) is 2.87. The van der Waals surface area contributed by atoms with Gasteiger partial charge in [0.1, 0.15) is 0 Å². The third-order valence-corrected chi connectivity index (χ3v) is 4.45. The number of hydrogen-bond donors (Lipinski definition) is 1. The fourth-order valence-electron chi connectivity index (χ4n) is 2.83. The highest BCUT2D eigenvalue weighted by Gasteiger charge is 2.17. The van der Waals surface area contributed by atoms with Crippen LogP contribution in [0.15, 0.2) is 12.3 Å². The first-order chi connectivity index (χ1) is 8.70. The number of hydrogen-bond acceptors (Lipinski definition) is 2. The van der Waals surface area contributed by atoms with Gasteiger partial charge < -0.3 is 5.32 Å². The highest BCUT2D eigenvalue weighted by molar-refractivity contribution is 5.02. The normalized spacial score (nSPS) is 20.8. The van der Waals surface area contributed by atoms with E-state index in [2.05, 4.69) is 36.1 Å². The Morgan fingerprint density at radius 2 is 2.06 bits per heavy atom. The highest BCUT2D eigenvalue weighted by atomic mass is 15.3. The summed E-state index contributed by atoms with van der Waals surface area (Å²) in [5.74, 6) is 0.629. The molecule has 1 aromatic rings. The van der Waals surface area contributed by atoms with Gasteiger partial charge in [0.05, 0.1) is 11.7 Å². The molecule has 1 aromatic heterocycles. The third kappa shape index (κ3) is 3.35. The van der Waals surface area contributed by atoms with E-state index in [9.17, 15) is 0 Å². The summed E-state index contributed by atoms with van der Waals surface area (Å²) in [6, 6.07) is 3.40. The van der Waals surface area contributed by atoms with Crippen LogP contribution in [0.1, 0.15) is 57.7 Å². The second-order valence-corrected chi connectivity index (χ2v) is 5.84. The molecule has 1 fully saturated rings. The van der Waals surface area contributed by atoms with Crippen LogP contribution >= 0.6 is 0 Å². The SMILES string of the molecule is CNC(C)C(C)Cc1ccn(C2CCCCC2)n1. The van der Waals surface area contributed by atoms with Gasteiger partial charge in [0.15, 0.2) is 0 Å². The van der Waals surface area contributed by atoms with Crippen molar-refractivity contribution in [2.75, 3.05) is 7.05 Å². The lowest BCUT2D eigenvalue weighted by molar-refractivity contribution is 0.326. The number of rotatable bonds is 5. The molecule has 102 valence electrons. The fourth-order valence-corrected chi connectivity index (χ4v) is 2.83. The van der Waals surface area contributed by atoms with Crippen molar-refractivity contribution in [2.24, 2.45) is 5.92 Å². The molecule has 1 N–H and O–H groups in total. The van der Waals surface area contributed by atoms with Gasteiger partial charge in [0.25, 0.3) is 0 Å². The molecule has 2 atom stereocenters. The van der Waals surface area contributed by atoms with Gasteiger partial charge in [-0.1, -0.05) is 26.2 Å². The van der Waals surface area contributed by atoms with Gasteiger partial charge in [0.2, 0.25) is 0 Å². The molecule has 0 saturated heterocycles. The molecule has 18 heavy (non-hydrogen) atoms. The summed E-state index contributed by atoms with van der Waals surface area (Å²) in [4.78, 5) is 0. The minimum atomic E-state index is 0.546. The van der Waals surface area contributed by atoms with Crippen LogP contribution in [0.25, 0.3) is 0 Å². The van der Waals surface area contributed by atoms with Gasteiger partial charge >= 0.3 is 0 Å². The predicted molar refractivity (Wildman–Crippen MR) is 75.7 cm³/mol. The van der Waals surface area contributed by atoms with Crippen LogP contribution in [0.2, 0.25) is 0 Å². The van der Waals surface area contributed by atoms with Gasteiger partial charge in [-0.05, 0) is 45.2 Å². The molecule has 1 saturated carbocycles. The summed E-state index contributed by atoms with van der Waals surface area (Å²) >= 11 is 0. The van der Waals surface area contributed by atoms with E-state index in [1.54, 1.807) is 0 Å². The van der Waals surface area contributed by atoms with E-state index >= 15 is 0 Å². The van der Waals surface area contributed by atoms with Crippen molar-refractivity contribution in [2.45, 2.75) is 64.5 Å². The van der Waals surface area contributed by atoms with Crippen molar-refractivity contribution < 1.29 is 0 Å². The van der Waals surface area contributed by atoms with Crippen molar-refractivity contribution >= 4 is 0 Å². The van der Waals surface area contributed by atoms with Crippen molar-refractivity contribution in [3.63, 3.8) is 0 Å². The van der Waals surface area contributed by atoms with Gasteiger partial charge in [0, 0.05) is 12.2 Å². The molecule has 3 heteroatoms. The topological polar surface area (TPSA) is 29.9 Å². The molecule has 0 aromatic carbocycles. The first-order valence-electron chi connectivity index (χ1n) is 7.42. The molecule has 0 spiro atoms. The summed E-state index contributed by atoms with van der Waals surface area (Å²) in [5.41, 5.74) is 1.25. The second-order valence-electron chi connectivity index (χ2n) is 5.84. The minimum Gasteiger partial charge on any atom is -0.317 e. The van der Waals surface area contributed by atoms with Crippen molar-refractivity contribution in [3.8, 4) is 0 Å². The van der Waals surface area contributed by atoms with E-state index in [1.807, 2.05) is 7.05 Å². The van der Waals surface area contributed by atoms with Crippen LogP contribution in [0.4, 0.5) is 0 Å². The van der Waals surface area contributed by atoms with Gasteiger partial charge in [-0.15, -0.1) is 0 Å². The lowest BCUT2D eigenvalue weighted by Crippen LogP contribution is -2.30. The van der Waals surface area contributed by atoms with Crippen LogP contribution in [0.3, 0.4) is 0 Å². The molecule has 0 radical (unpaired) electrons. The Kier molecular flexibility index (Phi) is 4.81. The van der Waals surface area contributed by atoms with Crippen molar-refractivity contribution in [1.82, 2.24) is 15.1 Å². The van der Waals surface area contributed by atoms with E-state index < -0.39 is 0 Å². The smallest absolute Gasteiger partial charge is 0.0627 e. The third-order valence-electron chi connectivity index (χ3n) is 4.45. The zero-order chi connectivity index (χ0) is 13.0. The molecule has 3 nitrogen and oxygen atoms in total.